The van der Waals surface area contributed by atoms with E-state index < -0.39 is 5.97 Å². The molecular formula is C26H43NO4. The quantitative estimate of drug-likeness (QED) is 0.247. The first-order valence-corrected chi connectivity index (χ1v) is 11.7. The van der Waals surface area contributed by atoms with Crippen LogP contribution in [0.5, 0.6) is 5.75 Å². The molecule has 0 aromatic heterocycles. The van der Waals surface area contributed by atoms with Crippen LogP contribution in [0, 0.1) is 0 Å². The monoisotopic (exact) mass is 433 g/mol. The first-order chi connectivity index (χ1) is 14.3. The molecule has 31 heavy (non-hydrogen) atoms. The van der Waals surface area contributed by atoms with Gasteiger partial charge in [0, 0.05) is 18.4 Å². The van der Waals surface area contributed by atoms with E-state index in [0.717, 1.165) is 62.5 Å². The van der Waals surface area contributed by atoms with Gasteiger partial charge in [0.15, 0.2) is 0 Å². The molecule has 1 aromatic rings. The van der Waals surface area contributed by atoms with Crippen LogP contribution in [0.2, 0.25) is 0 Å². The van der Waals surface area contributed by atoms with Crippen molar-refractivity contribution in [1.29, 1.82) is 0 Å². The van der Waals surface area contributed by atoms with Gasteiger partial charge in [-0.1, -0.05) is 86.1 Å². The van der Waals surface area contributed by atoms with Gasteiger partial charge in [0.2, 0.25) is 5.91 Å². The predicted molar refractivity (Wildman–Crippen MR) is 128 cm³/mol. The first kappa shape index (κ1) is 27.0. The number of benzene rings is 1. The fraction of sp³-hybridized carbons (Fsp3) is 0.692. The van der Waals surface area contributed by atoms with Crippen LogP contribution in [-0.4, -0.2) is 22.1 Å². The highest BCUT2D eigenvalue weighted by Crippen LogP contribution is 2.40. The number of unbranched alkanes of at least 4 members (excludes halogenated alkanes) is 7. The number of carboxylic acid groups (broad SMARTS) is 1. The molecule has 1 aromatic carbocycles. The van der Waals surface area contributed by atoms with Crippen molar-refractivity contribution in [3.63, 3.8) is 0 Å². The van der Waals surface area contributed by atoms with Gasteiger partial charge in [-0.15, -0.1) is 0 Å². The van der Waals surface area contributed by atoms with Gasteiger partial charge >= 0.3 is 5.97 Å². The van der Waals surface area contributed by atoms with Crippen molar-refractivity contribution in [3.8, 4) is 5.75 Å². The average molecular weight is 434 g/mol. The molecule has 5 heteroatoms. The second-order valence-corrected chi connectivity index (χ2v) is 10.7. The van der Waals surface area contributed by atoms with Crippen LogP contribution >= 0.6 is 0 Å². The highest BCUT2D eigenvalue weighted by Gasteiger charge is 2.25. The standard InChI is InChI=1S/C26H43NO4/c1-25(2,3)19-17-20(26(4,5)6)24(31)21(18-19)27-22(28)15-13-11-9-7-8-10-12-14-16-23(29)30/h17-18,31H,7-16H2,1-6H3,(H,27,28)(H,29,30). The van der Waals surface area contributed by atoms with Crippen molar-refractivity contribution >= 4 is 17.6 Å². The van der Waals surface area contributed by atoms with Gasteiger partial charge in [0.25, 0.3) is 0 Å². The van der Waals surface area contributed by atoms with E-state index in [1.54, 1.807) is 0 Å². The number of carboxylic acids is 1. The van der Waals surface area contributed by atoms with Crippen molar-refractivity contribution in [3.05, 3.63) is 23.3 Å². The fourth-order valence-corrected chi connectivity index (χ4v) is 3.57. The highest BCUT2D eigenvalue weighted by molar-refractivity contribution is 5.92. The maximum atomic E-state index is 12.5. The normalized spacial score (nSPS) is 12.1. The van der Waals surface area contributed by atoms with E-state index in [4.69, 9.17) is 5.11 Å². The molecule has 3 N–H and O–H groups in total. The van der Waals surface area contributed by atoms with E-state index in [2.05, 4.69) is 46.9 Å². The molecule has 0 unspecified atom stereocenters. The second-order valence-electron chi connectivity index (χ2n) is 10.7. The van der Waals surface area contributed by atoms with Crippen LogP contribution in [-0.2, 0) is 20.4 Å². The van der Waals surface area contributed by atoms with E-state index >= 15 is 0 Å². The van der Waals surface area contributed by atoms with Crippen LogP contribution in [0.1, 0.15) is 117 Å². The lowest BCUT2D eigenvalue weighted by molar-refractivity contribution is -0.137. The number of phenols is 1. The minimum atomic E-state index is -0.716. The smallest absolute Gasteiger partial charge is 0.303 e. The van der Waals surface area contributed by atoms with Crippen molar-refractivity contribution in [2.24, 2.45) is 0 Å². The van der Waals surface area contributed by atoms with Crippen molar-refractivity contribution in [1.82, 2.24) is 0 Å². The highest BCUT2D eigenvalue weighted by atomic mass is 16.4. The molecule has 0 bridgehead atoms. The Labute approximate surface area is 188 Å². The van der Waals surface area contributed by atoms with Gasteiger partial charge in [-0.05, 0) is 35.3 Å². The molecule has 5 nitrogen and oxygen atoms in total. The number of hydrogen-bond acceptors (Lipinski definition) is 3. The Balaban J connectivity index is 2.49. The summed E-state index contributed by atoms with van der Waals surface area (Å²) in [5, 5.41) is 22.3. The molecule has 0 saturated heterocycles. The first-order valence-electron chi connectivity index (χ1n) is 11.7. The minimum absolute atomic E-state index is 0.0603. The number of amides is 1. The third-order valence-corrected chi connectivity index (χ3v) is 5.60. The molecule has 0 radical (unpaired) electrons. The number of nitrogens with one attached hydrogen (secondary N) is 1. The van der Waals surface area contributed by atoms with Crippen LogP contribution in [0.25, 0.3) is 0 Å². The Morgan fingerprint density at radius 1 is 0.774 bits per heavy atom. The second kappa shape index (κ2) is 12.1. The van der Waals surface area contributed by atoms with E-state index in [1.807, 2.05) is 12.1 Å². The molecule has 0 fully saturated rings. The third-order valence-electron chi connectivity index (χ3n) is 5.60. The molecule has 0 aliphatic carbocycles. The summed E-state index contributed by atoms with van der Waals surface area (Å²) in [6.45, 7) is 12.6. The minimum Gasteiger partial charge on any atom is -0.505 e. The summed E-state index contributed by atoms with van der Waals surface area (Å²) in [6, 6.07) is 3.94. The maximum absolute atomic E-state index is 12.5. The predicted octanol–water partition coefficient (Wildman–Crippen LogP) is 6.91. The Hall–Kier alpha value is -2.04. The average Bonchev–Trinajstić information content (AvgIpc) is 2.62. The Morgan fingerprint density at radius 3 is 1.71 bits per heavy atom. The number of aliphatic carboxylic acids is 1. The van der Waals surface area contributed by atoms with Crippen molar-refractivity contribution in [2.45, 2.75) is 117 Å². The third kappa shape index (κ3) is 10.2. The van der Waals surface area contributed by atoms with Crippen molar-refractivity contribution in [2.75, 3.05) is 5.32 Å². The maximum Gasteiger partial charge on any atom is 0.303 e. The molecular weight excluding hydrogens is 390 g/mol. The Kier molecular flexibility index (Phi) is 10.5. The summed E-state index contributed by atoms with van der Waals surface area (Å²) in [6.07, 6.45) is 8.69. The summed E-state index contributed by atoms with van der Waals surface area (Å²) < 4.78 is 0. The zero-order chi connectivity index (χ0) is 23.7. The fourth-order valence-electron chi connectivity index (χ4n) is 3.57. The van der Waals surface area contributed by atoms with Crippen LogP contribution in [0.15, 0.2) is 12.1 Å². The number of carbonyl (C=O) groups is 2. The molecule has 176 valence electrons. The van der Waals surface area contributed by atoms with Crippen LogP contribution in [0.4, 0.5) is 5.69 Å². The largest absolute Gasteiger partial charge is 0.505 e. The van der Waals surface area contributed by atoms with E-state index in [1.165, 1.54) is 0 Å². The molecule has 0 aliphatic heterocycles. The molecule has 1 amide bonds. The summed E-state index contributed by atoms with van der Waals surface area (Å²) in [5.41, 5.74) is 2.13. The zero-order valence-electron chi connectivity index (χ0n) is 20.4. The van der Waals surface area contributed by atoms with Gasteiger partial charge in [0.05, 0.1) is 5.69 Å². The molecule has 0 atom stereocenters. The number of carbonyl (C=O) groups excluding carboxylic acids is 1. The lowest BCUT2D eigenvalue weighted by Gasteiger charge is -2.27. The van der Waals surface area contributed by atoms with Gasteiger partial charge in [-0.25, -0.2) is 0 Å². The van der Waals surface area contributed by atoms with Gasteiger partial charge < -0.3 is 15.5 Å². The zero-order valence-corrected chi connectivity index (χ0v) is 20.4. The van der Waals surface area contributed by atoms with Gasteiger partial charge in [0.1, 0.15) is 5.75 Å². The summed E-state index contributed by atoms with van der Waals surface area (Å²) >= 11 is 0. The number of anilines is 1. The molecule has 0 saturated carbocycles. The lowest BCUT2D eigenvalue weighted by Crippen LogP contribution is -2.19. The van der Waals surface area contributed by atoms with E-state index in [9.17, 15) is 14.7 Å². The molecule has 0 spiro atoms. The lowest BCUT2D eigenvalue weighted by atomic mass is 9.79. The topological polar surface area (TPSA) is 86.6 Å². The number of hydrogen-bond donors (Lipinski definition) is 3. The molecule has 1 rings (SSSR count). The van der Waals surface area contributed by atoms with Gasteiger partial charge in [-0.3, -0.25) is 9.59 Å². The van der Waals surface area contributed by atoms with Gasteiger partial charge in [-0.2, -0.15) is 0 Å². The van der Waals surface area contributed by atoms with Crippen molar-refractivity contribution < 1.29 is 19.8 Å². The number of phenolic OH excluding ortho intramolecular Hbond substituents is 1. The van der Waals surface area contributed by atoms with Crippen LogP contribution in [0.3, 0.4) is 0 Å². The van der Waals surface area contributed by atoms with E-state index in [-0.39, 0.29) is 28.9 Å². The Morgan fingerprint density at radius 2 is 1.26 bits per heavy atom. The van der Waals surface area contributed by atoms with E-state index in [0.29, 0.717) is 12.1 Å². The molecule has 0 aliphatic rings. The summed E-state index contributed by atoms with van der Waals surface area (Å²) in [7, 11) is 0. The van der Waals surface area contributed by atoms with Crippen LogP contribution < -0.4 is 5.32 Å². The number of rotatable bonds is 12. The summed E-state index contributed by atoms with van der Waals surface area (Å²) in [4.78, 5) is 22.9. The number of aromatic hydroxyl groups is 1. The summed E-state index contributed by atoms with van der Waals surface area (Å²) in [5.74, 6) is -0.613. The SMILES string of the molecule is CC(C)(C)c1cc(NC(=O)CCCCCCCCCCC(=O)O)c(O)c(C(C)(C)C)c1. The molecule has 0 heterocycles. The Bertz CT molecular complexity index is 726.